The molecule has 0 unspecified atom stereocenters. The van der Waals surface area contributed by atoms with Crippen LogP contribution < -0.4 is 10.5 Å². The minimum atomic E-state index is -3.72. The van der Waals surface area contributed by atoms with Crippen LogP contribution in [-0.4, -0.2) is 29.7 Å². The van der Waals surface area contributed by atoms with Crippen molar-refractivity contribution in [3.8, 4) is 5.69 Å². The van der Waals surface area contributed by atoms with Gasteiger partial charge in [-0.1, -0.05) is 30.3 Å². The van der Waals surface area contributed by atoms with Crippen molar-refractivity contribution in [2.45, 2.75) is 30.7 Å². The number of rotatable bonds is 8. The highest BCUT2D eigenvalue weighted by molar-refractivity contribution is 7.89. The molecule has 3 aromatic rings. The zero-order valence-electron chi connectivity index (χ0n) is 15.5. The first-order valence-electron chi connectivity index (χ1n) is 9.32. The number of sulfonamides is 1. The molecule has 0 amide bonds. The van der Waals surface area contributed by atoms with Gasteiger partial charge in [0, 0.05) is 6.42 Å². The molecule has 0 saturated heterocycles. The quantitative estimate of drug-likeness (QED) is 0.605. The zero-order chi connectivity index (χ0) is 19.6. The van der Waals surface area contributed by atoms with Crippen molar-refractivity contribution in [3.63, 3.8) is 0 Å². The number of aromatic nitrogens is 3. The third kappa shape index (κ3) is 4.64. The lowest BCUT2D eigenvalue weighted by atomic mass is 10.1. The first-order chi connectivity index (χ1) is 13.5. The van der Waals surface area contributed by atoms with E-state index in [9.17, 15) is 8.42 Å². The highest BCUT2D eigenvalue weighted by atomic mass is 32.2. The molecule has 28 heavy (non-hydrogen) atoms. The van der Waals surface area contributed by atoms with Crippen LogP contribution in [0, 0.1) is 5.92 Å². The van der Waals surface area contributed by atoms with Crippen molar-refractivity contribution < 1.29 is 8.42 Å². The molecule has 1 saturated carbocycles. The molecule has 7 nitrogen and oxygen atoms in total. The van der Waals surface area contributed by atoms with Gasteiger partial charge in [-0.2, -0.15) is 0 Å². The highest BCUT2D eigenvalue weighted by Gasteiger charge is 2.21. The van der Waals surface area contributed by atoms with Crippen molar-refractivity contribution in [3.05, 3.63) is 71.8 Å². The lowest BCUT2D eigenvalue weighted by Crippen LogP contribution is -2.17. The molecule has 0 aliphatic heterocycles. The minimum absolute atomic E-state index is 0.0762. The molecule has 4 rings (SSSR count). The third-order valence-corrected chi connectivity index (χ3v) is 5.68. The second kappa shape index (κ2) is 7.83. The van der Waals surface area contributed by atoms with Crippen molar-refractivity contribution in [1.29, 1.82) is 0 Å². The standard InChI is InChI=1S/C20H23N5O2S/c21-28(26,27)18-10-8-17(9-11-18)25-20(12-15-4-2-1-3-5-15)23-19(24-25)14-22-13-16-6-7-16/h1-5,8-11,16,22H,6-7,12-14H2,(H2,21,26,27). The van der Waals surface area contributed by atoms with Crippen molar-refractivity contribution in [2.75, 3.05) is 6.54 Å². The third-order valence-electron chi connectivity index (χ3n) is 4.75. The summed E-state index contributed by atoms with van der Waals surface area (Å²) < 4.78 is 24.8. The van der Waals surface area contributed by atoms with E-state index in [1.54, 1.807) is 16.8 Å². The van der Waals surface area contributed by atoms with E-state index in [2.05, 4.69) is 10.4 Å². The SMILES string of the molecule is NS(=O)(=O)c1ccc(-n2nc(CNCC3CC3)nc2Cc2ccccc2)cc1. The van der Waals surface area contributed by atoms with Gasteiger partial charge in [-0.15, -0.1) is 5.10 Å². The molecule has 2 aromatic carbocycles. The Kier molecular flexibility index (Phi) is 5.25. The molecule has 0 atom stereocenters. The summed E-state index contributed by atoms with van der Waals surface area (Å²) in [4.78, 5) is 4.79. The zero-order valence-corrected chi connectivity index (χ0v) is 16.3. The fraction of sp³-hybridized carbons (Fsp3) is 0.300. The molecule has 8 heteroatoms. The molecule has 1 heterocycles. The summed E-state index contributed by atoms with van der Waals surface area (Å²) in [5, 5.41) is 13.3. The normalized spacial score (nSPS) is 14.3. The van der Waals surface area contributed by atoms with Gasteiger partial charge >= 0.3 is 0 Å². The van der Waals surface area contributed by atoms with Crippen LogP contribution in [0.1, 0.15) is 30.1 Å². The van der Waals surface area contributed by atoms with E-state index in [4.69, 9.17) is 10.1 Å². The average Bonchev–Trinajstić information content (AvgIpc) is 3.42. The Morgan fingerprint density at radius 3 is 2.43 bits per heavy atom. The molecular formula is C20H23N5O2S. The van der Waals surface area contributed by atoms with Gasteiger partial charge in [0.2, 0.25) is 10.0 Å². The summed E-state index contributed by atoms with van der Waals surface area (Å²) >= 11 is 0. The van der Waals surface area contributed by atoms with Crippen molar-refractivity contribution in [2.24, 2.45) is 11.1 Å². The Morgan fingerprint density at radius 2 is 1.79 bits per heavy atom. The first-order valence-corrected chi connectivity index (χ1v) is 10.9. The molecule has 0 spiro atoms. The van der Waals surface area contributed by atoms with Gasteiger partial charge in [0.15, 0.2) is 5.82 Å². The first kappa shape index (κ1) is 18.8. The van der Waals surface area contributed by atoms with E-state index in [-0.39, 0.29) is 4.90 Å². The van der Waals surface area contributed by atoms with Gasteiger partial charge in [-0.25, -0.2) is 23.2 Å². The highest BCUT2D eigenvalue weighted by Crippen LogP contribution is 2.27. The molecule has 0 bridgehead atoms. The van der Waals surface area contributed by atoms with E-state index in [0.29, 0.717) is 13.0 Å². The molecule has 146 valence electrons. The Bertz CT molecular complexity index is 1040. The maximum atomic E-state index is 11.5. The number of benzene rings is 2. The topological polar surface area (TPSA) is 103 Å². The summed E-state index contributed by atoms with van der Waals surface area (Å²) in [6.45, 7) is 1.60. The Hall–Kier alpha value is -2.55. The molecule has 1 fully saturated rings. The van der Waals surface area contributed by atoms with E-state index < -0.39 is 10.0 Å². The average molecular weight is 398 g/mol. The molecular weight excluding hydrogens is 374 g/mol. The predicted molar refractivity (Wildman–Crippen MR) is 106 cm³/mol. The van der Waals surface area contributed by atoms with Crippen LogP contribution >= 0.6 is 0 Å². The summed E-state index contributed by atoms with van der Waals surface area (Å²) in [6, 6.07) is 16.4. The summed E-state index contributed by atoms with van der Waals surface area (Å²) in [7, 11) is -3.72. The predicted octanol–water partition coefficient (Wildman–Crippen LogP) is 2.01. The number of nitrogens with zero attached hydrogens (tertiary/aromatic N) is 3. The molecule has 1 aromatic heterocycles. The number of primary sulfonamides is 1. The van der Waals surface area contributed by atoms with E-state index >= 15 is 0 Å². The van der Waals surface area contributed by atoms with Crippen LogP contribution in [0.3, 0.4) is 0 Å². The Balaban J connectivity index is 1.61. The number of nitrogens with two attached hydrogens (primary N) is 1. The van der Waals surface area contributed by atoms with Crippen LogP contribution in [-0.2, 0) is 23.0 Å². The van der Waals surface area contributed by atoms with E-state index in [1.165, 1.54) is 25.0 Å². The van der Waals surface area contributed by atoms with Crippen LogP contribution in [0.25, 0.3) is 5.69 Å². The van der Waals surface area contributed by atoms with Crippen LogP contribution in [0.2, 0.25) is 0 Å². The van der Waals surface area contributed by atoms with Gasteiger partial charge < -0.3 is 5.32 Å². The van der Waals surface area contributed by atoms with Crippen molar-refractivity contribution in [1.82, 2.24) is 20.1 Å². The lowest BCUT2D eigenvalue weighted by molar-refractivity contribution is 0.597. The summed E-state index contributed by atoms with van der Waals surface area (Å²) in [5.41, 5.74) is 1.88. The van der Waals surface area contributed by atoms with E-state index in [0.717, 1.165) is 35.4 Å². The largest absolute Gasteiger partial charge is 0.310 e. The maximum Gasteiger partial charge on any atom is 0.238 e. The van der Waals surface area contributed by atoms with Gasteiger partial charge in [0.1, 0.15) is 5.82 Å². The number of hydrogen-bond acceptors (Lipinski definition) is 5. The fourth-order valence-electron chi connectivity index (χ4n) is 3.05. The van der Waals surface area contributed by atoms with Gasteiger partial charge in [-0.3, -0.25) is 0 Å². The van der Waals surface area contributed by atoms with Gasteiger partial charge in [0.25, 0.3) is 0 Å². The maximum absolute atomic E-state index is 11.5. The summed E-state index contributed by atoms with van der Waals surface area (Å²) in [6.07, 6.45) is 3.22. The van der Waals surface area contributed by atoms with E-state index in [1.807, 2.05) is 30.3 Å². The molecule has 0 radical (unpaired) electrons. The van der Waals surface area contributed by atoms with Gasteiger partial charge in [0.05, 0.1) is 17.1 Å². The smallest absolute Gasteiger partial charge is 0.238 e. The lowest BCUT2D eigenvalue weighted by Gasteiger charge is -2.07. The number of nitrogens with one attached hydrogen (secondary N) is 1. The number of hydrogen-bond donors (Lipinski definition) is 2. The van der Waals surface area contributed by atoms with Crippen LogP contribution in [0.5, 0.6) is 0 Å². The van der Waals surface area contributed by atoms with Crippen molar-refractivity contribution >= 4 is 10.0 Å². The van der Waals surface area contributed by atoms with Crippen LogP contribution in [0.15, 0.2) is 59.5 Å². The Labute approximate surface area is 164 Å². The fourth-order valence-corrected chi connectivity index (χ4v) is 3.57. The Morgan fingerprint density at radius 1 is 1.07 bits per heavy atom. The summed E-state index contributed by atoms with van der Waals surface area (Å²) in [5.74, 6) is 2.32. The van der Waals surface area contributed by atoms with Crippen LogP contribution in [0.4, 0.5) is 0 Å². The molecule has 1 aliphatic rings. The second-order valence-corrected chi connectivity index (χ2v) is 8.69. The molecule has 1 aliphatic carbocycles. The van der Waals surface area contributed by atoms with Gasteiger partial charge in [-0.05, 0) is 55.1 Å². The monoisotopic (exact) mass is 397 g/mol. The minimum Gasteiger partial charge on any atom is -0.310 e. The second-order valence-electron chi connectivity index (χ2n) is 7.13. The molecule has 3 N–H and O–H groups in total.